The molecular weight excluding hydrogens is 284 g/mol. The zero-order valence-corrected chi connectivity index (χ0v) is 13.6. The zero-order valence-electron chi connectivity index (χ0n) is 13.6. The molecule has 0 aromatic heterocycles. The molecule has 0 heterocycles. The first-order valence-electron chi connectivity index (χ1n) is 7.24. The van der Waals surface area contributed by atoms with Gasteiger partial charge in [-0.2, -0.15) is 0 Å². The van der Waals surface area contributed by atoms with Crippen LogP contribution in [0.2, 0.25) is 0 Å². The number of ether oxygens (including phenoxy) is 3. The Kier molecular flexibility index (Phi) is 7.46. The lowest BCUT2D eigenvalue weighted by atomic mass is 10.0. The second kappa shape index (κ2) is 9.10. The van der Waals surface area contributed by atoms with Gasteiger partial charge in [0.1, 0.15) is 0 Å². The van der Waals surface area contributed by atoms with E-state index < -0.39 is 5.97 Å². The molecule has 5 heteroatoms. The van der Waals surface area contributed by atoms with Crippen molar-refractivity contribution in [1.29, 1.82) is 0 Å². The number of methoxy groups -OCH3 is 2. The smallest absolute Gasteiger partial charge is 0.331 e. The van der Waals surface area contributed by atoms with Crippen LogP contribution in [0.3, 0.4) is 0 Å². The first kappa shape index (κ1) is 18.0. The number of carboxylic acid groups (broad SMARTS) is 1. The molecular formula is C17H24O5. The highest BCUT2D eigenvalue weighted by Gasteiger charge is 2.12. The van der Waals surface area contributed by atoms with Crippen molar-refractivity contribution in [2.24, 2.45) is 5.92 Å². The van der Waals surface area contributed by atoms with Gasteiger partial charge in [0, 0.05) is 25.7 Å². The van der Waals surface area contributed by atoms with Crippen LogP contribution >= 0.6 is 0 Å². The largest absolute Gasteiger partial charge is 0.493 e. The normalized spacial score (nSPS) is 11.6. The van der Waals surface area contributed by atoms with Gasteiger partial charge < -0.3 is 19.3 Å². The van der Waals surface area contributed by atoms with E-state index in [0.717, 1.165) is 12.0 Å². The molecule has 0 unspecified atom stereocenters. The minimum atomic E-state index is -0.909. The summed E-state index contributed by atoms with van der Waals surface area (Å²) in [7, 11) is 3.22. The molecule has 0 aliphatic carbocycles. The monoisotopic (exact) mass is 308 g/mol. The molecule has 1 aromatic rings. The third-order valence-electron chi connectivity index (χ3n) is 3.13. The SMILES string of the molecule is COCCCOc1cc(C=C(C(=O)O)C(C)C)ccc1OC. The number of benzene rings is 1. The Hall–Kier alpha value is -2.01. The van der Waals surface area contributed by atoms with E-state index in [9.17, 15) is 9.90 Å². The van der Waals surface area contributed by atoms with Gasteiger partial charge in [-0.05, 0) is 29.7 Å². The zero-order chi connectivity index (χ0) is 16.5. The average molecular weight is 308 g/mol. The summed E-state index contributed by atoms with van der Waals surface area (Å²) in [5, 5.41) is 9.24. The highest BCUT2D eigenvalue weighted by Crippen LogP contribution is 2.29. The van der Waals surface area contributed by atoms with Gasteiger partial charge in [0.05, 0.1) is 13.7 Å². The number of aliphatic carboxylic acids is 1. The summed E-state index contributed by atoms with van der Waals surface area (Å²) in [6.07, 6.45) is 2.43. The van der Waals surface area contributed by atoms with E-state index in [2.05, 4.69) is 0 Å². The Bertz CT molecular complexity index is 520. The van der Waals surface area contributed by atoms with Crippen LogP contribution in [-0.4, -0.2) is 38.5 Å². The van der Waals surface area contributed by atoms with Crippen LogP contribution in [-0.2, 0) is 9.53 Å². The van der Waals surface area contributed by atoms with E-state index in [1.807, 2.05) is 19.9 Å². The fourth-order valence-corrected chi connectivity index (χ4v) is 1.94. The summed E-state index contributed by atoms with van der Waals surface area (Å²) < 4.78 is 15.9. The maximum Gasteiger partial charge on any atom is 0.331 e. The average Bonchev–Trinajstić information content (AvgIpc) is 2.48. The van der Waals surface area contributed by atoms with Gasteiger partial charge in [0.25, 0.3) is 0 Å². The molecule has 0 radical (unpaired) electrons. The van der Waals surface area contributed by atoms with Crippen molar-refractivity contribution in [2.75, 3.05) is 27.4 Å². The molecule has 5 nitrogen and oxygen atoms in total. The lowest BCUT2D eigenvalue weighted by molar-refractivity contribution is -0.133. The predicted molar refractivity (Wildman–Crippen MR) is 85.4 cm³/mol. The standard InChI is InChI=1S/C17H24O5/c1-12(2)14(17(18)19)10-13-6-7-15(21-4)16(11-13)22-9-5-8-20-3/h6-7,10-12H,5,8-9H2,1-4H3,(H,18,19). The van der Waals surface area contributed by atoms with Crippen molar-refractivity contribution in [2.45, 2.75) is 20.3 Å². The summed E-state index contributed by atoms with van der Waals surface area (Å²) in [4.78, 5) is 11.3. The van der Waals surface area contributed by atoms with Crippen LogP contribution in [0.25, 0.3) is 6.08 Å². The van der Waals surface area contributed by atoms with Gasteiger partial charge in [0.15, 0.2) is 11.5 Å². The lowest BCUT2D eigenvalue weighted by Crippen LogP contribution is -2.07. The highest BCUT2D eigenvalue weighted by molar-refractivity contribution is 5.92. The van der Waals surface area contributed by atoms with E-state index >= 15 is 0 Å². The van der Waals surface area contributed by atoms with Crippen LogP contribution < -0.4 is 9.47 Å². The van der Waals surface area contributed by atoms with Crippen molar-refractivity contribution < 1.29 is 24.1 Å². The maximum atomic E-state index is 11.3. The Labute approximate surface area is 131 Å². The van der Waals surface area contributed by atoms with Gasteiger partial charge in [-0.3, -0.25) is 0 Å². The quantitative estimate of drug-likeness (QED) is 0.560. The molecule has 22 heavy (non-hydrogen) atoms. The van der Waals surface area contributed by atoms with Crippen LogP contribution in [0.15, 0.2) is 23.8 Å². The van der Waals surface area contributed by atoms with Crippen molar-refractivity contribution in [3.63, 3.8) is 0 Å². The molecule has 1 aromatic carbocycles. The molecule has 122 valence electrons. The Balaban J connectivity index is 2.98. The van der Waals surface area contributed by atoms with E-state index in [4.69, 9.17) is 14.2 Å². The van der Waals surface area contributed by atoms with Crippen molar-refractivity contribution in [3.05, 3.63) is 29.3 Å². The van der Waals surface area contributed by atoms with E-state index in [0.29, 0.717) is 30.3 Å². The maximum absolute atomic E-state index is 11.3. The molecule has 0 aliphatic rings. The molecule has 0 saturated heterocycles. The summed E-state index contributed by atoms with van der Waals surface area (Å²) in [6, 6.07) is 5.38. The molecule has 0 amide bonds. The second-order valence-electron chi connectivity index (χ2n) is 5.16. The molecule has 0 spiro atoms. The summed E-state index contributed by atoms with van der Waals surface area (Å²) >= 11 is 0. The lowest BCUT2D eigenvalue weighted by Gasteiger charge is -2.12. The number of hydrogen-bond acceptors (Lipinski definition) is 4. The molecule has 1 rings (SSSR count). The minimum absolute atomic E-state index is 0.0642. The number of hydrogen-bond donors (Lipinski definition) is 1. The van der Waals surface area contributed by atoms with Gasteiger partial charge in [-0.15, -0.1) is 0 Å². The topological polar surface area (TPSA) is 65.0 Å². The fourth-order valence-electron chi connectivity index (χ4n) is 1.94. The number of carboxylic acids is 1. The first-order valence-corrected chi connectivity index (χ1v) is 7.24. The molecule has 0 fully saturated rings. The first-order chi connectivity index (χ1) is 10.5. The molecule has 0 aliphatic heterocycles. The van der Waals surface area contributed by atoms with Crippen molar-refractivity contribution >= 4 is 12.0 Å². The highest BCUT2D eigenvalue weighted by atomic mass is 16.5. The van der Waals surface area contributed by atoms with E-state index in [1.54, 1.807) is 32.4 Å². The number of carbonyl (C=O) groups is 1. The van der Waals surface area contributed by atoms with Gasteiger partial charge >= 0.3 is 5.97 Å². The summed E-state index contributed by atoms with van der Waals surface area (Å²) in [6.45, 7) is 4.84. The van der Waals surface area contributed by atoms with Gasteiger partial charge in [-0.25, -0.2) is 4.79 Å². The molecule has 0 bridgehead atoms. The van der Waals surface area contributed by atoms with Gasteiger partial charge in [-0.1, -0.05) is 19.9 Å². The third kappa shape index (κ3) is 5.41. The Morgan fingerprint density at radius 3 is 2.50 bits per heavy atom. The van der Waals surface area contributed by atoms with Crippen LogP contribution in [0.5, 0.6) is 11.5 Å². The van der Waals surface area contributed by atoms with Crippen LogP contribution in [0.4, 0.5) is 0 Å². The van der Waals surface area contributed by atoms with Crippen LogP contribution in [0.1, 0.15) is 25.8 Å². The van der Waals surface area contributed by atoms with Gasteiger partial charge in [0.2, 0.25) is 0 Å². The summed E-state index contributed by atoms with van der Waals surface area (Å²) in [5.74, 6) is 0.246. The van der Waals surface area contributed by atoms with Crippen molar-refractivity contribution in [3.8, 4) is 11.5 Å². The molecule has 1 N–H and O–H groups in total. The molecule has 0 atom stereocenters. The Morgan fingerprint density at radius 1 is 1.23 bits per heavy atom. The van der Waals surface area contributed by atoms with E-state index in [-0.39, 0.29) is 5.92 Å². The third-order valence-corrected chi connectivity index (χ3v) is 3.13. The number of rotatable bonds is 9. The fraction of sp³-hybridized carbons (Fsp3) is 0.471. The van der Waals surface area contributed by atoms with Crippen LogP contribution in [0, 0.1) is 5.92 Å². The van der Waals surface area contributed by atoms with Crippen molar-refractivity contribution in [1.82, 2.24) is 0 Å². The second-order valence-corrected chi connectivity index (χ2v) is 5.16. The minimum Gasteiger partial charge on any atom is -0.493 e. The summed E-state index contributed by atoms with van der Waals surface area (Å²) in [5.41, 5.74) is 1.13. The molecule has 0 saturated carbocycles. The predicted octanol–water partition coefficient (Wildman–Crippen LogP) is 3.23. The van der Waals surface area contributed by atoms with E-state index in [1.165, 1.54) is 0 Å². The Morgan fingerprint density at radius 2 is 1.95 bits per heavy atom.